The zero-order valence-corrected chi connectivity index (χ0v) is 9.49. The molecule has 4 nitrogen and oxygen atoms in total. The summed E-state index contributed by atoms with van der Waals surface area (Å²) in [6.45, 7) is 4.28. The largest absolute Gasteiger partial charge is 0.384 e. The zero-order valence-electron chi connectivity index (χ0n) is 9.49. The molecule has 0 aliphatic heterocycles. The molecule has 4 heteroatoms. The van der Waals surface area contributed by atoms with Gasteiger partial charge in [0.15, 0.2) is 0 Å². The molecule has 0 aliphatic carbocycles. The van der Waals surface area contributed by atoms with Crippen LogP contribution in [0.5, 0.6) is 0 Å². The van der Waals surface area contributed by atoms with Crippen LogP contribution in [0.4, 0.5) is 5.82 Å². The fourth-order valence-corrected chi connectivity index (χ4v) is 1.28. The Bertz CT molecular complexity index is 348. The number of pyridine rings is 1. The van der Waals surface area contributed by atoms with Crippen LogP contribution < -0.4 is 10.6 Å². The molecular weight excluding hydrogens is 188 g/mol. The van der Waals surface area contributed by atoms with Crippen LogP contribution in [0.3, 0.4) is 0 Å². The lowest BCUT2D eigenvalue weighted by Gasteiger charge is -2.25. The summed E-state index contributed by atoms with van der Waals surface area (Å²) in [4.78, 5) is 6.35. The summed E-state index contributed by atoms with van der Waals surface area (Å²) >= 11 is 0. The molecule has 0 spiro atoms. The van der Waals surface area contributed by atoms with Gasteiger partial charge in [-0.2, -0.15) is 0 Å². The van der Waals surface area contributed by atoms with Gasteiger partial charge in [0.05, 0.1) is 0 Å². The summed E-state index contributed by atoms with van der Waals surface area (Å²) in [7, 11) is 2.00. The quantitative estimate of drug-likeness (QED) is 0.581. The van der Waals surface area contributed by atoms with E-state index in [4.69, 9.17) is 11.1 Å². The lowest BCUT2D eigenvalue weighted by atomic mass is 10.2. The minimum atomic E-state index is 0.0798. The Labute approximate surface area is 90.6 Å². The smallest absolute Gasteiger partial charge is 0.129 e. The van der Waals surface area contributed by atoms with Crippen LogP contribution in [0, 0.1) is 5.41 Å². The van der Waals surface area contributed by atoms with Crippen molar-refractivity contribution in [2.75, 3.05) is 11.9 Å². The summed E-state index contributed by atoms with van der Waals surface area (Å²) < 4.78 is 0. The molecule has 1 rings (SSSR count). The highest BCUT2D eigenvalue weighted by molar-refractivity contribution is 5.95. The minimum absolute atomic E-state index is 0.0798. The third kappa shape index (κ3) is 2.68. The number of nitrogens with one attached hydrogen (secondary N) is 1. The highest BCUT2D eigenvalue weighted by atomic mass is 15.2. The molecular formula is C11H18N4. The molecule has 0 bridgehead atoms. The van der Waals surface area contributed by atoms with E-state index in [2.05, 4.69) is 23.7 Å². The van der Waals surface area contributed by atoms with Gasteiger partial charge in [0.25, 0.3) is 0 Å². The van der Waals surface area contributed by atoms with E-state index in [0.29, 0.717) is 6.04 Å². The molecule has 15 heavy (non-hydrogen) atoms. The van der Waals surface area contributed by atoms with Crippen molar-refractivity contribution in [2.45, 2.75) is 26.3 Å². The molecule has 0 fully saturated rings. The van der Waals surface area contributed by atoms with Gasteiger partial charge in [-0.05, 0) is 25.5 Å². The van der Waals surface area contributed by atoms with E-state index in [1.807, 2.05) is 13.1 Å². The second-order valence-corrected chi connectivity index (χ2v) is 3.68. The maximum absolute atomic E-state index is 7.36. The number of amidine groups is 1. The number of anilines is 1. The van der Waals surface area contributed by atoms with Crippen LogP contribution in [-0.2, 0) is 0 Å². The van der Waals surface area contributed by atoms with Gasteiger partial charge in [-0.25, -0.2) is 4.98 Å². The number of nitrogen functional groups attached to an aromatic ring is 1. The predicted octanol–water partition coefficient (Wildman–Crippen LogP) is 1.60. The summed E-state index contributed by atoms with van der Waals surface area (Å²) in [5.41, 5.74) is 6.15. The Hall–Kier alpha value is -1.58. The van der Waals surface area contributed by atoms with Crippen molar-refractivity contribution in [3.05, 3.63) is 23.9 Å². The molecule has 0 saturated carbocycles. The van der Waals surface area contributed by atoms with Crippen LogP contribution in [0.15, 0.2) is 18.3 Å². The van der Waals surface area contributed by atoms with E-state index in [1.165, 1.54) is 0 Å². The molecule has 1 heterocycles. The summed E-state index contributed by atoms with van der Waals surface area (Å²) in [6, 6.07) is 4.02. The van der Waals surface area contributed by atoms with E-state index in [1.54, 1.807) is 12.3 Å². The molecule has 1 unspecified atom stereocenters. The third-order valence-electron chi connectivity index (χ3n) is 2.67. The van der Waals surface area contributed by atoms with Crippen molar-refractivity contribution in [2.24, 2.45) is 5.73 Å². The molecule has 0 aromatic carbocycles. The Morgan fingerprint density at radius 3 is 2.87 bits per heavy atom. The van der Waals surface area contributed by atoms with Crippen LogP contribution in [0.1, 0.15) is 25.8 Å². The van der Waals surface area contributed by atoms with E-state index >= 15 is 0 Å². The van der Waals surface area contributed by atoms with Gasteiger partial charge in [-0.3, -0.25) is 5.41 Å². The molecule has 1 atom stereocenters. The van der Waals surface area contributed by atoms with E-state index in [9.17, 15) is 0 Å². The monoisotopic (exact) mass is 206 g/mol. The van der Waals surface area contributed by atoms with Crippen molar-refractivity contribution >= 4 is 11.7 Å². The van der Waals surface area contributed by atoms with Crippen molar-refractivity contribution in [3.8, 4) is 0 Å². The molecule has 3 N–H and O–H groups in total. The Balaban J connectivity index is 2.94. The topological polar surface area (TPSA) is 66.0 Å². The van der Waals surface area contributed by atoms with Crippen LogP contribution in [-0.4, -0.2) is 23.9 Å². The second kappa shape index (κ2) is 4.77. The van der Waals surface area contributed by atoms with Crippen LogP contribution >= 0.6 is 0 Å². The third-order valence-corrected chi connectivity index (χ3v) is 2.67. The van der Waals surface area contributed by atoms with Gasteiger partial charge in [0.2, 0.25) is 0 Å². The average molecular weight is 206 g/mol. The standard InChI is InChI=1S/C11H18N4/c1-4-8(2)15(3)10-7-9(11(12)13)5-6-14-10/h5-8H,4H2,1-3H3,(H3,12,13). The molecule has 0 saturated heterocycles. The summed E-state index contributed by atoms with van der Waals surface area (Å²) in [5.74, 6) is 0.938. The minimum Gasteiger partial charge on any atom is -0.384 e. The first-order valence-corrected chi connectivity index (χ1v) is 5.09. The Morgan fingerprint density at radius 1 is 1.67 bits per heavy atom. The lowest BCUT2D eigenvalue weighted by Crippen LogP contribution is -2.29. The number of nitrogens with zero attached hydrogens (tertiary/aromatic N) is 2. The van der Waals surface area contributed by atoms with Crippen LogP contribution in [0.25, 0.3) is 0 Å². The molecule has 0 aliphatic rings. The highest BCUT2D eigenvalue weighted by Crippen LogP contribution is 2.14. The van der Waals surface area contributed by atoms with Gasteiger partial charge >= 0.3 is 0 Å². The summed E-state index contributed by atoms with van der Waals surface area (Å²) in [5, 5.41) is 7.36. The number of aromatic nitrogens is 1. The van der Waals surface area contributed by atoms with Crippen molar-refractivity contribution < 1.29 is 0 Å². The first-order valence-electron chi connectivity index (χ1n) is 5.09. The number of rotatable bonds is 4. The predicted molar refractivity (Wildman–Crippen MR) is 63.4 cm³/mol. The first-order chi connectivity index (χ1) is 7.06. The first kappa shape index (κ1) is 11.5. The van der Waals surface area contributed by atoms with E-state index in [0.717, 1.165) is 17.8 Å². The Morgan fingerprint density at radius 2 is 2.33 bits per heavy atom. The van der Waals surface area contributed by atoms with E-state index in [-0.39, 0.29) is 5.84 Å². The van der Waals surface area contributed by atoms with Gasteiger partial charge in [0.1, 0.15) is 11.7 Å². The highest BCUT2D eigenvalue weighted by Gasteiger charge is 2.09. The van der Waals surface area contributed by atoms with Crippen molar-refractivity contribution in [1.29, 1.82) is 5.41 Å². The normalized spacial score (nSPS) is 12.2. The Kier molecular flexibility index (Phi) is 3.66. The molecule has 0 amide bonds. The maximum atomic E-state index is 7.36. The molecule has 0 radical (unpaired) electrons. The van der Waals surface area contributed by atoms with Crippen LogP contribution in [0.2, 0.25) is 0 Å². The van der Waals surface area contributed by atoms with Gasteiger partial charge in [-0.1, -0.05) is 6.92 Å². The van der Waals surface area contributed by atoms with E-state index < -0.39 is 0 Å². The zero-order chi connectivity index (χ0) is 11.4. The average Bonchev–Trinajstić information content (AvgIpc) is 2.27. The number of nitrogens with two attached hydrogens (primary N) is 1. The van der Waals surface area contributed by atoms with Crippen molar-refractivity contribution in [3.63, 3.8) is 0 Å². The summed E-state index contributed by atoms with van der Waals surface area (Å²) in [6.07, 6.45) is 2.74. The maximum Gasteiger partial charge on any atom is 0.129 e. The van der Waals surface area contributed by atoms with Crippen molar-refractivity contribution in [1.82, 2.24) is 4.98 Å². The van der Waals surface area contributed by atoms with Gasteiger partial charge in [0, 0.05) is 24.8 Å². The molecule has 1 aromatic heterocycles. The molecule has 1 aromatic rings. The fourth-order valence-electron chi connectivity index (χ4n) is 1.28. The van der Waals surface area contributed by atoms with Gasteiger partial charge in [-0.15, -0.1) is 0 Å². The van der Waals surface area contributed by atoms with Gasteiger partial charge < -0.3 is 10.6 Å². The number of hydrogen-bond acceptors (Lipinski definition) is 3. The molecule has 82 valence electrons. The fraction of sp³-hybridized carbons (Fsp3) is 0.455. The lowest BCUT2D eigenvalue weighted by molar-refractivity contribution is 0.657. The number of hydrogen-bond donors (Lipinski definition) is 2. The SMILES string of the molecule is CCC(C)N(C)c1cc(C(=N)N)ccn1. The second-order valence-electron chi connectivity index (χ2n) is 3.68.